The zero-order chi connectivity index (χ0) is 21.2. The summed E-state index contributed by atoms with van der Waals surface area (Å²) in [6.45, 7) is 4.26. The van der Waals surface area contributed by atoms with Gasteiger partial charge in [0.25, 0.3) is 0 Å². The number of allylic oxidation sites excluding steroid dienone is 2. The van der Waals surface area contributed by atoms with Gasteiger partial charge < -0.3 is 0 Å². The summed E-state index contributed by atoms with van der Waals surface area (Å²) in [5, 5.41) is 0. The Morgan fingerprint density at radius 1 is 0.733 bits per heavy atom. The van der Waals surface area contributed by atoms with Crippen molar-refractivity contribution in [2.24, 2.45) is 0 Å². The Balaban J connectivity index is 1.65. The smallest absolute Gasteiger partial charge is 0.131 e. The minimum atomic E-state index is -0.162. The highest BCUT2D eigenvalue weighted by Gasteiger charge is 2.06. The Morgan fingerprint density at radius 3 is 1.97 bits per heavy atom. The van der Waals surface area contributed by atoms with Gasteiger partial charge in [-0.05, 0) is 72.7 Å². The maximum Gasteiger partial charge on any atom is 0.131 e. The first-order valence-corrected chi connectivity index (χ1v) is 10.8. The van der Waals surface area contributed by atoms with Crippen LogP contribution in [0.5, 0.6) is 0 Å². The fraction of sp³-hybridized carbons (Fsp3) is 0.241. The van der Waals surface area contributed by atoms with E-state index in [0.29, 0.717) is 5.56 Å². The standard InChI is InChI=1S/C29H29F/c1-3-5-6-7-9-23-10-12-24(13-11-23)14-15-25-16-19-27(20-17-25)28-21-18-26(8-4-2)22-29(28)30/h5-6,10-13,16-22H,3-4,7-9H2,1-2H3/b6-5+. The van der Waals surface area contributed by atoms with Crippen LogP contribution in [0.15, 0.2) is 78.9 Å². The Labute approximate surface area is 180 Å². The van der Waals surface area contributed by atoms with E-state index in [1.165, 1.54) is 5.56 Å². The van der Waals surface area contributed by atoms with Gasteiger partial charge in [0.1, 0.15) is 5.82 Å². The molecule has 0 nitrogen and oxygen atoms in total. The molecule has 0 aliphatic carbocycles. The zero-order valence-electron chi connectivity index (χ0n) is 17.9. The monoisotopic (exact) mass is 396 g/mol. The molecule has 30 heavy (non-hydrogen) atoms. The highest BCUT2D eigenvalue weighted by atomic mass is 19.1. The summed E-state index contributed by atoms with van der Waals surface area (Å²) in [5.41, 5.74) is 5.82. The van der Waals surface area contributed by atoms with Crippen LogP contribution in [0, 0.1) is 17.7 Å². The lowest BCUT2D eigenvalue weighted by molar-refractivity contribution is 0.628. The topological polar surface area (TPSA) is 0 Å². The van der Waals surface area contributed by atoms with E-state index in [-0.39, 0.29) is 5.82 Å². The van der Waals surface area contributed by atoms with Gasteiger partial charge in [-0.2, -0.15) is 0 Å². The molecular weight excluding hydrogens is 367 g/mol. The first-order chi connectivity index (χ1) is 14.7. The number of hydrogen-bond donors (Lipinski definition) is 0. The van der Waals surface area contributed by atoms with Crippen molar-refractivity contribution in [3.05, 3.63) is 107 Å². The highest BCUT2D eigenvalue weighted by molar-refractivity contribution is 5.65. The summed E-state index contributed by atoms with van der Waals surface area (Å²) in [7, 11) is 0. The third-order valence-corrected chi connectivity index (χ3v) is 5.08. The molecule has 0 heterocycles. The van der Waals surface area contributed by atoms with Crippen LogP contribution in [0.25, 0.3) is 11.1 Å². The molecule has 0 bridgehead atoms. The summed E-state index contributed by atoms with van der Waals surface area (Å²) < 4.78 is 14.4. The van der Waals surface area contributed by atoms with E-state index in [1.807, 2.05) is 36.4 Å². The van der Waals surface area contributed by atoms with Gasteiger partial charge >= 0.3 is 0 Å². The molecule has 0 N–H and O–H groups in total. The quantitative estimate of drug-likeness (QED) is 0.283. The van der Waals surface area contributed by atoms with E-state index in [1.54, 1.807) is 6.07 Å². The molecule has 0 aromatic heterocycles. The van der Waals surface area contributed by atoms with E-state index in [4.69, 9.17) is 0 Å². The van der Waals surface area contributed by atoms with Crippen LogP contribution in [-0.2, 0) is 12.8 Å². The van der Waals surface area contributed by atoms with Gasteiger partial charge in [-0.25, -0.2) is 4.39 Å². The molecule has 1 heteroatoms. The van der Waals surface area contributed by atoms with Crippen molar-refractivity contribution in [3.63, 3.8) is 0 Å². The maximum absolute atomic E-state index is 14.4. The molecule has 0 radical (unpaired) electrons. The van der Waals surface area contributed by atoms with Gasteiger partial charge in [0.2, 0.25) is 0 Å². The van der Waals surface area contributed by atoms with Gasteiger partial charge in [-0.15, -0.1) is 0 Å². The number of halogens is 1. The molecule has 0 fully saturated rings. The molecule has 0 amide bonds. The van der Waals surface area contributed by atoms with E-state index >= 15 is 0 Å². The highest BCUT2D eigenvalue weighted by Crippen LogP contribution is 2.24. The molecule has 0 aliphatic heterocycles. The first-order valence-electron chi connectivity index (χ1n) is 10.8. The van der Waals surface area contributed by atoms with Crippen molar-refractivity contribution in [1.82, 2.24) is 0 Å². The van der Waals surface area contributed by atoms with Crippen molar-refractivity contribution in [2.45, 2.75) is 46.0 Å². The van der Waals surface area contributed by atoms with E-state index in [0.717, 1.165) is 54.4 Å². The average molecular weight is 397 g/mol. The van der Waals surface area contributed by atoms with Crippen LogP contribution in [0.4, 0.5) is 4.39 Å². The van der Waals surface area contributed by atoms with Gasteiger partial charge in [0, 0.05) is 16.7 Å². The van der Waals surface area contributed by atoms with Crippen LogP contribution in [-0.4, -0.2) is 0 Å². The van der Waals surface area contributed by atoms with Crippen molar-refractivity contribution >= 4 is 0 Å². The molecule has 0 aliphatic rings. The number of rotatable bonds is 7. The van der Waals surface area contributed by atoms with Crippen LogP contribution < -0.4 is 0 Å². The zero-order valence-corrected chi connectivity index (χ0v) is 17.9. The first kappa shape index (κ1) is 21.6. The predicted molar refractivity (Wildman–Crippen MR) is 126 cm³/mol. The number of hydrogen-bond acceptors (Lipinski definition) is 0. The van der Waals surface area contributed by atoms with Crippen molar-refractivity contribution in [1.29, 1.82) is 0 Å². The van der Waals surface area contributed by atoms with Crippen LogP contribution >= 0.6 is 0 Å². The van der Waals surface area contributed by atoms with E-state index in [9.17, 15) is 4.39 Å². The lowest BCUT2D eigenvalue weighted by Crippen LogP contribution is -1.89. The van der Waals surface area contributed by atoms with Crippen LogP contribution in [0.1, 0.15) is 55.4 Å². The molecule has 3 aromatic carbocycles. The lowest BCUT2D eigenvalue weighted by atomic mass is 10.0. The minimum absolute atomic E-state index is 0.162. The molecule has 0 spiro atoms. The van der Waals surface area contributed by atoms with Gasteiger partial charge in [0.05, 0.1) is 0 Å². The summed E-state index contributed by atoms with van der Waals surface area (Å²) in [4.78, 5) is 0. The average Bonchev–Trinajstić information content (AvgIpc) is 2.77. The second-order valence-corrected chi connectivity index (χ2v) is 7.51. The minimum Gasteiger partial charge on any atom is -0.206 e. The molecule has 152 valence electrons. The SMILES string of the molecule is CC/C=C/CCc1ccc(C#Cc2ccc(-c3ccc(CCC)cc3F)cc2)cc1. The molecule has 0 saturated carbocycles. The summed E-state index contributed by atoms with van der Waals surface area (Å²) in [6.07, 6.45) is 9.60. The summed E-state index contributed by atoms with van der Waals surface area (Å²) >= 11 is 0. The molecule has 3 rings (SSSR count). The molecule has 0 atom stereocenters. The van der Waals surface area contributed by atoms with Crippen molar-refractivity contribution in [2.75, 3.05) is 0 Å². The third kappa shape index (κ3) is 6.19. The largest absolute Gasteiger partial charge is 0.206 e. The third-order valence-electron chi connectivity index (χ3n) is 5.08. The van der Waals surface area contributed by atoms with Gasteiger partial charge in [0.15, 0.2) is 0 Å². The Bertz CT molecular complexity index is 1030. The Hall–Kier alpha value is -3.11. The maximum atomic E-state index is 14.4. The Morgan fingerprint density at radius 2 is 1.37 bits per heavy atom. The van der Waals surface area contributed by atoms with Gasteiger partial charge in [-0.1, -0.05) is 80.7 Å². The van der Waals surface area contributed by atoms with Crippen LogP contribution in [0.2, 0.25) is 0 Å². The second kappa shape index (κ2) is 11.2. The fourth-order valence-electron chi connectivity index (χ4n) is 3.40. The molecule has 0 saturated heterocycles. The van der Waals surface area contributed by atoms with Crippen LogP contribution in [0.3, 0.4) is 0 Å². The molecule has 0 unspecified atom stereocenters. The van der Waals surface area contributed by atoms with Crippen molar-refractivity contribution < 1.29 is 4.39 Å². The van der Waals surface area contributed by atoms with E-state index < -0.39 is 0 Å². The predicted octanol–water partition coefficient (Wildman–Crippen LogP) is 7.74. The molecule has 3 aromatic rings. The normalized spacial score (nSPS) is 10.8. The Kier molecular flexibility index (Phi) is 8.04. The van der Waals surface area contributed by atoms with Gasteiger partial charge in [-0.3, -0.25) is 0 Å². The second-order valence-electron chi connectivity index (χ2n) is 7.51. The lowest BCUT2D eigenvalue weighted by Gasteiger charge is -2.06. The fourth-order valence-corrected chi connectivity index (χ4v) is 3.40. The number of aryl methyl sites for hydroxylation is 2. The molecular formula is C29H29F. The van der Waals surface area contributed by atoms with E-state index in [2.05, 4.69) is 62.1 Å². The summed E-state index contributed by atoms with van der Waals surface area (Å²) in [6, 6.07) is 21.8. The number of benzene rings is 3. The van der Waals surface area contributed by atoms with Crippen molar-refractivity contribution in [3.8, 4) is 23.0 Å². The summed E-state index contributed by atoms with van der Waals surface area (Å²) in [5.74, 6) is 6.26.